The van der Waals surface area contributed by atoms with Gasteiger partial charge in [0.05, 0.1) is 0 Å². The van der Waals surface area contributed by atoms with Crippen LogP contribution in [0.15, 0.2) is 36.5 Å². The first-order valence-electron chi connectivity index (χ1n) is 8.72. The van der Waals surface area contributed by atoms with Crippen molar-refractivity contribution in [3.8, 4) is 0 Å². The SMILES string of the molecule is Cc1ccnc2nc(C(=O)NC[C@@H]3C[C@]34CCc3ccccc34)nn12. The van der Waals surface area contributed by atoms with Crippen LogP contribution in [-0.4, -0.2) is 32.0 Å². The van der Waals surface area contributed by atoms with Gasteiger partial charge in [-0.05, 0) is 49.3 Å². The molecule has 6 heteroatoms. The predicted molar refractivity (Wildman–Crippen MR) is 92.4 cm³/mol. The van der Waals surface area contributed by atoms with Crippen LogP contribution in [0.5, 0.6) is 0 Å². The zero-order valence-electron chi connectivity index (χ0n) is 14.1. The Morgan fingerprint density at radius 2 is 2.24 bits per heavy atom. The standard InChI is InChI=1S/C19H19N5O/c1-12-7-9-20-18-22-16(23-24(12)18)17(25)21-11-14-10-19(14)8-6-13-4-2-3-5-15(13)19/h2-5,7,9,14H,6,8,10-11H2,1H3,(H,21,25)/t14-,19+/m0/s1. The van der Waals surface area contributed by atoms with E-state index in [0.29, 0.717) is 18.2 Å². The zero-order chi connectivity index (χ0) is 17.0. The van der Waals surface area contributed by atoms with E-state index in [4.69, 9.17) is 0 Å². The van der Waals surface area contributed by atoms with Gasteiger partial charge < -0.3 is 5.32 Å². The smallest absolute Gasteiger partial charge is 0.291 e. The van der Waals surface area contributed by atoms with E-state index < -0.39 is 0 Å². The summed E-state index contributed by atoms with van der Waals surface area (Å²) in [5.74, 6) is 0.927. The van der Waals surface area contributed by atoms with Crippen molar-refractivity contribution in [2.75, 3.05) is 6.54 Å². The maximum absolute atomic E-state index is 12.4. The second-order valence-electron chi connectivity index (χ2n) is 7.16. The fourth-order valence-corrected chi connectivity index (χ4v) is 4.30. The molecular weight excluding hydrogens is 314 g/mol. The third-order valence-corrected chi connectivity index (χ3v) is 5.77. The highest BCUT2D eigenvalue weighted by molar-refractivity contribution is 5.90. The van der Waals surface area contributed by atoms with E-state index in [2.05, 4.69) is 44.6 Å². The molecule has 1 aromatic carbocycles. The molecule has 2 heterocycles. The average Bonchev–Trinajstić information content (AvgIpc) is 2.97. The number of nitrogens with one attached hydrogen (secondary N) is 1. The molecule has 1 N–H and O–H groups in total. The Labute approximate surface area is 145 Å². The van der Waals surface area contributed by atoms with Crippen molar-refractivity contribution >= 4 is 11.7 Å². The molecule has 1 saturated carbocycles. The molecular formula is C19H19N5O. The molecule has 2 aromatic heterocycles. The van der Waals surface area contributed by atoms with Gasteiger partial charge in [0.2, 0.25) is 5.82 Å². The number of amides is 1. The van der Waals surface area contributed by atoms with Crippen LogP contribution in [0.25, 0.3) is 5.78 Å². The minimum Gasteiger partial charge on any atom is -0.349 e. The third-order valence-electron chi connectivity index (χ3n) is 5.77. The van der Waals surface area contributed by atoms with Gasteiger partial charge in [-0.3, -0.25) is 4.79 Å². The van der Waals surface area contributed by atoms with E-state index in [1.54, 1.807) is 10.7 Å². The summed E-state index contributed by atoms with van der Waals surface area (Å²) in [6.07, 6.45) is 5.18. The lowest BCUT2D eigenvalue weighted by Gasteiger charge is -2.11. The maximum atomic E-state index is 12.4. The summed E-state index contributed by atoms with van der Waals surface area (Å²) in [4.78, 5) is 20.8. The summed E-state index contributed by atoms with van der Waals surface area (Å²) in [6.45, 7) is 2.59. The van der Waals surface area contributed by atoms with Crippen LogP contribution in [-0.2, 0) is 11.8 Å². The highest BCUT2D eigenvalue weighted by Gasteiger charge is 2.57. The van der Waals surface area contributed by atoms with Gasteiger partial charge in [0.15, 0.2) is 0 Å². The lowest BCUT2D eigenvalue weighted by molar-refractivity contribution is 0.0940. The maximum Gasteiger partial charge on any atom is 0.291 e. The summed E-state index contributed by atoms with van der Waals surface area (Å²) in [6, 6.07) is 10.6. The second-order valence-corrected chi connectivity index (χ2v) is 7.16. The molecule has 0 bridgehead atoms. The molecule has 1 spiro atoms. The average molecular weight is 333 g/mol. The van der Waals surface area contributed by atoms with Gasteiger partial charge in [0, 0.05) is 23.9 Å². The van der Waals surface area contributed by atoms with E-state index in [1.165, 1.54) is 17.5 Å². The largest absolute Gasteiger partial charge is 0.349 e. The van der Waals surface area contributed by atoms with Crippen LogP contribution in [0.4, 0.5) is 0 Å². The minimum atomic E-state index is -0.224. The number of carbonyl (C=O) groups is 1. The third kappa shape index (κ3) is 2.17. The molecule has 6 nitrogen and oxygen atoms in total. The predicted octanol–water partition coefficient (Wildman–Crippen LogP) is 2.07. The molecule has 2 aliphatic carbocycles. The normalized spacial score (nSPS) is 23.8. The van der Waals surface area contributed by atoms with E-state index >= 15 is 0 Å². The van der Waals surface area contributed by atoms with Crippen LogP contribution in [0.3, 0.4) is 0 Å². The molecule has 5 rings (SSSR count). The molecule has 2 atom stereocenters. The topological polar surface area (TPSA) is 72.2 Å². The van der Waals surface area contributed by atoms with Gasteiger partial charge in [0.25, 0.3) is 11.7 Å². The summed E-state index contributed by atoms with van der Waals surface area (Å²) in [7, 11) is 0. The lowest BCUT2D eigenvalue weighted by atomic mass is 9.95. The molecule has 1 fully saturated rings. The number of fused-ring (bicyclic) bond motifs is 3. The Balaban J connectivity index is 1.29. The van der Waals surface area contributed by atoms with Crippen molar-refractivity contribution in [1.29, 1.82) is 0 Å². The van der Waals surface area contributed by atoms with Gasteiger partial charge in [0.1, 0.15) is 0 Å². The Bertz CT molecular complexity index is 994. The van der Waals surface area contributed by atoms with Crippen LogP contribution in [0.2, 0.25) is 0 Å². The Hall–Kier alpha value is -2.76. The van der Waals surface area contributed by atoms with Crippen LogP contribution >= 0.6 is 0 Å². The van der Waals surface area contributed by atoms with Crippen molar-refractivity contribution in [3.05, 3.63) is 59.2 Å². The van der Waals surface area contributed by atoms with Crippen molar-refractivity contribution < 1.29 is 4.79 Å². The number of hydrogen-bond donors (Lipinski definition) is 1. The molecule has 2 aliphatic rings. The molecule has 3 aromatic rings. The van der Waals surface area contributed by atoms with Crippen LogP contribution < -0.4 is 5.32 Å². The summed E-state index contributed by atoms with van der Waals surface area (Å²) in [5.41, 5.74) is 4.15. The van der Waals surface area contributed by atoms with Crippen molar-refractivity contribution in [3.63, 3.8) is 0 Å². The van der Waals surface area contributed by atoms with Gasteiger partial charge in [-0.15, -0.1) is 5.10 Å². The van der Waals surface area contributed by atoms with Crippen molar-refractivity contribution in [1.82, 2.24) is 24.9 Å². The van der Waals surface area contributed by atoms with Crippen molar-refractivity contribution in [2.45, 2.75) is 31.6 Å². The van der Waals surface area contributed by atoms with Gasteiger partial charge in [-0.1, -0.05) is 24.3 Å². The number of aryl methyl sites for hydroxylation is 2. The Morgan fingerprint density at radius 1 is 1.36 bits per heavy atom. The first-order chi connectivity index (χ1) is 12.2. The highest BCUT2D eigenvalue weighted by atomic mass is 16.2. The van der Waals surface area contributed by atoms with Gasteiger partial charge in [-0.25, -0.2) is 9.50 Å². The molecule has 0 radical (unpaired) electrons. The Morgan fingerprint density at radius 3 is 3.12 bits per heavy atom. The molecule has 0 aliphatic heterocycles. The second kappa shape index (κ2) is 5.12. The van der Waals surface area contributed by atoms with E-state index in [1.807, 2.05) is 13.0 Å². The van der Waals surface area contributed by atoms with E-state index in [9.17, 15) is 4.79 Å². The number of carbonyl (C=O) groups excluding carboxylic acids is 1. The summed E-state index contributed by atoms with van der Waals surface area (Å²) in [5, 5.41) is 7.28. The number of rotatable bonds is 3. The Kier molecular flexibility index (Phi) is 2.98. The van der Waals surface area contributed by atoms with Crippen LogP contribution in [0.1, 0.15) is 40.3 Å². The molecule has 1 amide bonds. The van der Waals surface area contributed by atoms with Crippen LogP contribution in [0, 0.1) is 12.8 Å². The number of nitrogens with zero attached hydrogens (tertiary/aromatic N) is 4. The first-order valence-corrected chi connectivity index (χ1v) is 8.72. The van der Waals surface area contributed by atoms with E-state index in [0.717, 1.165) is 18.5 Å². The summed E-state index contributed by atoms with van der Waals surface area (Å²) < 4.78 is 1.60. The van der Waals surface area contributed by atoms with Gasteiger partial charge in [-0.2, -0.15) is 4.98 Å². The number of aromatic nitrogens is 4. The number of hydrogen-bond acceptors (Lipinski definition) is 4. The van der Waals surface area contributed by atoms with E-state index in [-0.39, 0.29) is 17.1 Å². The number of benzene rings is 1. The monoisotopic (exact) mass is 333 g/mol. The molecule has 126 valence electrons. The quantitative estimate of drug-likeness (QED) is 0.796. The highest BCUT2D eigenvalue weighted by Crippen LogP contribution is 2.61. The van der Waals surface area contributed by atoms with Gasteiger partial charge >= 0.3 is 0 Å². The molecule has 25 heavy (non-hydrogen) atoms. The van der Waals surface area contributed by atoms with Crippen molar-refractivity contribution in [2.24, 2.45) is 5.92 Å². The molecule has 0 unspecified atom stereocenters. The molecule has 0 saturated heterocycles. The zero-order valence-corrected chi connectivity index (χ0v) is 14.1. The summed E-state index contributed by atoms with van der Waals surface area (Å²) >= 11 is 0. The fourth-order valence-electron chi connectivity index (χ4n) is 4.30. The fraction of sp³-hybridized carbons (Fsp3) is 0.368. The minimum absolute atomic E-state index is 0.184. The lowest BCUT2D eigenvalue weighted by Crippen LogP contribution is -2.28. The first kappa shape index (κ1) is 14.6.